The quantitative estimate of drug-likeness (QED) is 0.352. The Morgan fingerprint density at radius 1 is 1.14 bits per heavy atom. The Morgan fingerprint density at radius 2 is 1.93 bits per heavy atom. The number of furan rings is 1. The Morgan fingerprint density at radius 3 is 2.62 bits per heavy atom. The van der Waals surface area contributed by atoms with E-state index in [0.717, 1.165) is 0 Å². The van der Waals surface area contributed by atoms with Crippen molar-refractivity contribution in [2.45, 2.75) is 12.8 Å². The zero-order chi connectivity index (χ0) is 21.0. The number of halogens is 2. The van der Waals surface area contributed by atoms with Crippen molar-refractivity contribution in [1.82, 2.24) is 0 Å². The lowest BCUT2D eigenvalue weighted by atomic mass is 10.1. The Balaban J connectivity index is 2.00. The maximum atomic E-state index is 13.0. The number of primary amides is 1. The lowest BCUT2D eigenvalue weighted by molar-refractivity contribution is 0.101. The number of amides is 2. The molecule has 0 aliphatic heterocycles. The van der Waals surface area contributed by atoms with Gasteiger partial charge in [0.25, 0.3) is 0 Å². The first kappa shape index (κ1) is 21.0. The third kappa shape index (κ3) is 4.82. The van der Waals surface area contributed by atoms with Crippen molar-refractivity contribution in [3.63, 3.8) is 0 Å². The minimum absolute atomic E-state index is 0.0987. The van der Waals surface area contributed by atoms with E-state index < -0.39 is 11.8 Å². The van der Waals surface area contributed by atoms with Crippen molar-refractivity contribution in [2.75, 3.05) is 18.5 Å². The van der Waals surface area contributed by atoms with Crippen LogP contribution in [0.15, 0.2) is 40.8 Å². The monoisotopic (exact) mass is 436 g/mol. The number of urea groups is 1. The summed E-state index contributed by atoms with van der Waals surface area (Å²) < 4.78 is 11.4. The number of aliphatic hydroxyl groups is 1. The smallest absolute Gasteiger partial charge is 0.316 e. The first-order valence-corrected chi connectivity index (χ1v) is 9.52. The highest BCUT2D eigenvalue weighted by Crippen LogP contribution is 2.36. The Labute approximate surface area is 176 Å². The Bertz CT molecular complexity index is 1060. The van der Waals surface area contributed by atoms with E-state index in [1.54, 1.807) is 18.2 Å². The Kier molecular flexibility index (Phi) is 6.64. The summed E-state index contributed by atoms with van der Waals surface area (Å²) in [6.07, 6.45) is 1.33. The number of ketones is 1. The number of nitrogens with one attached hydrogen (secondary N) is 1. The van der Waals surface area contributed by atoms with E-state index in [1.807, 2.05) is 0 Å². The molecule has 0 radical (unpaired) electrons. The molecule has 0 bridgehead atoms. The number of ether oxygens (including phenoxy) is 1. The lowest BCUT2D eigenvalue weighted by Crippen LogP contribution is -2.20. The summed E-state index contributed by atoms with van der Waals surface area (Å²) in [4.78, 5) is 24.5. The standard InChI is InChI=1S/C20H18Cl2N2O5/c21-11-3-5-13(15(22)9-11)18(26)19-17(24-20(23)27)14-6-4-12(10-16(14)29-19)28-8-2-1-7-25/h3-6,9-10,25H,1-2,7-8H2,(H3,23,24,27). The number of hydrogen-bond donors (Lipinski definition) is 3. The Hall–Kier alpha value is -2.74. The van der Waals surface area contributed by atoms with Gasteiger partial charge in [0, 0.05) is 28.6 Å². The fourth-order valence-electron chi connectivity index (χ4n) is 2.77. The van der Waals surface area contributed by atoms with Gasteiger partial charge in [0.05, 0.1) is 11.6 Å². The number of fused-ring (bicyclic) bond motifs is 1. The number of benzene rings is 2. The van der Waals surface area contributed by atoms with Gasteiger partial charge in [-0.05, 0) is 43.2 Å². The van der Waals surface area contributed by atoms with Crippen LogP contribution in [-0.4, -0.2) is 30.1 Å². The number of anilines is 1. The SMILES string of the molecule is NC(=O)Nc1c(C(=O)c2ccc(Cl)cc2Cl)oc2cc(OCCCCO)ccc12. The van der Waals surface area contributed by atoms with Crippen molar-refractivity contribution < 1.29 is 23.8 Å². The normalized spacial score (nSPS) is 10.9. The van der Waals surface area contributed by atoms with Crippen LogP contribution in [0.3, 0.4) is 0 Å². The molecule has 3 aromatic rings. The van der Waals surface area contributed by atoms with Gasteiger partial charge in [-0.1, -0.05) is 23.2 Å². The second-order valence-corrected chi connectivity index (χ2v) is 7.03. The van der Waals surface area contributed by atoms with E-state index >= 15 is 0 Å². The van der Waals surface area contributed by atoms with Crippen LogP contribution in [0.4, 0.5) is 10.5 Å². The van der Waals surface area contributed by atoms with E-state index in [0.29, 0.717) is 41.2 Å². The second-order valence-electron chi connectivity index (χ2n) is 6.19. The topological polar surface area (TPSA) is 115 Å². The summed E-state index contributed by atoms with van der Waals surface area (Å²) >= 11 is 12.0. The highest BCUT2D eigenvalue weighted by molar-refractivity contribution is 6.37. The number of carbonyl (C=O) groups excluding carboxylic acids is 2. The van der Waals surface area contributed by atoms with E-state index in [9.17, 15) is 9.59 Å². The van der Waals surface area contributed by atoms with Gasteiger partial charge in [0.1, 0.15) is 17.0 Å². The fourth-order valence-corrected chi connectivity index (χ4v) is 3.27. The van der Waals surface area contributed by atoms with Crippen LogP contribution in [-0.2, 0) is 0 Å². The van der Waals surface area contributed by atoms with Crippen LogP contribution >= 0.6 is 23.2 Å². The third-order valence-electron chi connectivity index (χ3n) is 4.11. The molecule has 1 aromatic heterocycles. The van der Waals surface area contributed by atoms with E-state index in [4.69, 9.17) is 43.2 Å². The molecule has 1 heterocycles. The highest BCUT2D eigenvalue weighted by Gasteiger charge is 2.25. The average molecular weight is 437 g/mol. The third-order valence-corrected chi connectivity index (χ3v) is 4.66. The lowest BCUT2D eigenvalue weighted by Gasteiger charge is -2.06. The molecule has 0 unspecified atom stereocenters. The first-order valence-electron chi connectivity index (χ1n) is 8.77. The van der Waals surface area contributed by atoms with E-state index in [1.165, 1.54) is 18.2 Å². The van der Waals surface area contributed by atoms with Gasteiger partial charge in [-0.3, -0.25) is 4.79 Å². The van der Waals surface area contributed by atoms with Crippen LogP contribution in [0, 0.1) is 0 Å². The zero-order valence-corrected chi connectivity index (χ0v) is 16.7. The average Bonchev–Trinajstić information content (AvgIpc) is 3.02. The molecule has 152 valence electrons. The second kappa shape index (κ2) is 9.17. The van der Waals surface area contributed by atoms with Gasteiger partial charge in [0.15, 0.2) is 5.76 Å². The van der Waals surface area contributed by atoms with Gasteiger partial charge in [-0.2, -0.15) is 0 Å². The molecule has 29 heavy (non-hydrogen) atoms. The van der Waals surface area contributed by atoms with E-state index in [2.05, 4.69) is 5.32 Å². The highest BCUT2D eigenvalue weighted by atomic mass is 35.5. The van der Waals surface area contributed by atoms with Crippen molar-refractivity contribution in [1.29, 1.82) is 0 Å². The van der Waals surface area contributed by atoms with E-state index in [-0.39, 0.29) is 28.6 Å². The summed E-state index contributed by atoms with van der Waals surface area (Å²) in [5, 5.41) is 12.3. The fraction of sp³-hybridized carbons (Fsp3) is 0.200. The first-order chi connectivity index (χ1) is 13.9. The van der Waals surface area contributed by atoms with Crippen LogP contribution in [0.5, 0.6) is 5.75 Å². The molecular formula is C20H18Cl2N2O5. The summed E-state index contributed by atoms with van der Waals surface area (Å²) in [5.74, 6) is -0.115. The molecule has 4 N–H and O–H groups in total. The zero-order valence-electron chi connectivity index (χ0n) is 15.2. The summed E-state index contributed by atoms with van der Waals surface area (Å²) in [5.41, 5.74) is 5.92. The molecule has 7 nitrogen and oxygen atoms in total. The number of rotatable bonds is 8. The maximum absolute atomic E-state index is 13.0. The summed E-state index contributed by atoms with van der Waals surface area (Å²) in [7, 11) is 0. The molecule has 0 aliphatic carbocycles. The molecular weight excluding hydrogens is 419 g/mol. The molecule has 0 saturated heterocycles. The van der Waals surface area contributed by atoms with Gasteiger partial charge in [-0.15, -0.1) is 0 Å². The maximum Gasteiger partial charge on any atom is 0.316 e. The van der Waals surface area contributed by atoms with Crippen molar-refractivity contribution >= 4 is 51.7 Å². The minimum Gasteiger partial charge on any atom is -0.493 e. The number of unbranched alkanes of at least 4 members (excludes halogenated alkanes) is 1. The van der Waals surface area contributed by atoms with Crippen LogP contribution in [0.2, 0.25) is 10.0 Å². The predicted octanol–water partition coefficient (Wildman–Crippen LogP) is 4.61. The van der Waals surface area contributed by atoms with Crippen LogP contribution in [0.25, 0.3) is 11.0 Å². The van der Waals surface area contributed by atoms with Crippen molar-refractivity contribution in [2.24, 2.45) is 5.73 Å². The van der Waals surface area contributed by atoms with Gasteiger partial charge in [-0.25, -0.2) is 4.79 Å². The molecule has 0 saturated carbocycles. The number of carbonyl (C=O) groups is 2. The molecule has 0 fully saturated rings. The van der Waals surface area contributed by atoms with Gasteiger partial charge in [0.2, 0.25) is 5.78 Å². The molecule has 2 aromatic carbocycles. The molecule has 2 amide bonds. The molecule has 9 heteroatoms. The largest absolute Gasteiger partial charge is 0.493 e. The molecule has 0 aliphatic rings. The molecule has 3 rings (SSSR count). The van der Waals surface area contributed by atoms with Crippen molar-refractivity contribution in [3.8, 4) is 5.75 Å². The number of hydrogen-bond acceptors (Lipinski definition) is 5. The molecule has 0 atom stereocenters. The number of aliphatic hydroxyl groups excluding tert-OH is 1. The summed E-state index contributed by atoms with van der Waals surface area (Å²) in [6, 6.07) is 8.57. The summed E-state index contributed by atoms with van der Waals surface area (Å²) in [6.45, 7) is 0.521. The van der Waals surface area contributed by atoms with Crippen LogP contribution in [0.1, 0.15) is 29.0 Å². The van der Waals surface area contributed by atoms with Crippen LogP contribution < -0.4 is 15.8 Å². The van der Waals surface area contributed by atoms with Gasteiger partial charge < -0.3 is 25.3 Å². The number of nitrogens with two attached hydrogens (primary N) is 1. The molecule has 0 spiro atoms. The van der Waals surface area contributed by atoms with Gasteiger partial charge >= 0.3 is 6.03 Å². The predicted molar refractivity (Wildman–Crippen MR) is 111 cm³/mol. The minimum atomic E-state index is -0.840. The van der Waals surface area contributed by atoms with Crippen molar-refractivity contribution in [3.05, 3.63) is 57.8 Å².